The number of rotatable bonds is 2. The van der Waals surface area contributed by atoms with Gasteiger partial charge in [0.05, 0.1) is 6.07 Å². The normalized spacial score (nSPS) is 22.3. The molecule has 0 aromatic carbocycles. The Bertz CT molecular complexity index is 278. The van der Waals surface area contributed by atoms with Crippen LogP contribution in [0.5, 0.6) is 0 Å². The van der Waals surface area contributed by atoms with Crippen molar-refractivity contribution < 1.29 is 4.79 Å². The fraction of sp³-hybridized carbons (Fsp3) is 0.833. The fourth-order valence-corrected chi connectivity index (χ4v) is 2.10. The molecule has 0 radical (unpaired) electrons. The molecule has 0 aliphatic carbocycles. The van der Waals surface area contributed by atoms with Gasteiger partial charge in [-0.2, -0.15) is 5.26 Å². The molecule has 1 aliphatic heterocycles. The standard InChI is InChI=1S/C12H20N2O/c1-4-10-7-5-6-8-14(10)11(15)12(2,3)9-13/h10H,4-8H2,1-3H3. The van der Waals surface area contributed by atoms with E-state index < -0.39 is 5.41 Å². The summed E-state index contributed by atoms with van der Waals surface area (Å²) in [6, 6.07) is 2.44. The summed E-state index contributed by atoms with van der Waals surface area (Å²) in [5.41, 5.74) is -0.870. The zero-order chi connectivity index (χ0) is 11.5. The second kappa shape index (κ2) is 4.65. The first kappa shape index (κ1) is 12.0. The number of nitrogens with zero attached hydrogens (tertiary/aromatic N) is 2. The monoisotopic (exact) mass is 208 g/mol. The van der Waals surface area contributed by atoms with Crippen LogP contribution in [0.1, 0.15) is 46.5 Å². The number of nitriles is 1. The average molecular weight is 208 g/mol. The molecule has 0 bridgehead atoms. The van der Waals surface area contributed by atoms with Gasteiger partial charge in [-0.3, -0.25) is 4.79 Å². The van der Waals surface area contributed by atoms with E-state index in [0.717, 1.165) is 25.8 Å². The number of hydrogen-bond acceptors (Lipinski definition) is 2. The van der Waals surface area contributed by atoms with Crippen LogP contribution in [0.4, 0.5) is 0 Å². The van der Waals surface area contributed by atoms with E-state index in [0.29, 0.717) is 6.04 Å². The van der Waals surface area contributed by atoms with E-state index in [1.807, 2.05) is 4.90 Å². The van der Waals surface area contributed by atoms with Crippen LogP contribution in [0, 0.1) is 16.7 Å². The van der Waals surface area contributed by atoms with Crippen LogP contribution in [0.3, 0.4) is 0 Å². The topological polar surface area (TPSA) is 44.1 Å². The smallest absolute Gasteiger partial charge is 0.242 e. The maximum Gasteiger partial charge on any atom is 0.242 e. The van der Waals surface area contributed by atoms with Gasteiger partial charge in [0, 0.05) is 12.6 Å². The van der Waals surface area contributed by atoms with E-state index in [2.05, 4.69) is 13.0 Å². The zero-order valence-corrected chi connectivity index (χ0v) is 9.92. The third kappa shape index (κ3) is 2.50. The van der Waals surface area contributed by atoms with Crippen molar-refractivity contribution in [2.24, 2.45) is 5.41 Å². The molecule has 0 N–H and O–H groups in total. The van der Waals surface area contributed by atoms with Crippen LogP contribution >= 0.6 is 0 Å². The Morgan fingerprint density at radius 2 is 2.20 bits per heavy atom. The van der Waals surface area contributed by atoms with Gasteiger partial charge in [-0.25, -0.2) is 0 Å². The highest BCUT2D eigenvalue weighted by Gasteiger charge is 2.35. The third-order valence-corrected chi connectivity index (χ3v) is 3.17. The van der Waals surface area contributed by atoms with Crippen LogP contribution in [0.25, 0.3) is 0 Å². The number of carbonyl (C=O) groups is 1. The predicted octanol–water partition coefficient (Wildman–Crippen LogP) is 2.33. The first-order chi connectivity index (χ1) is 7.03. The zero-order valence-electron chi connectivity index (χ0n) is 9.92. The number of amides is 1. The molecule has 0 spiro atoms. The van der Waals surface area contributed by atoms with Crippen LogP contribution in [-0.2, 0) is 4.79 Å². The van der Waals surface area contributed by atoms with Gasteiger partial charge in [0.25, 0.3) is 0 Å². The minimum absolute atomic E-state index is 0.00319. The van der Waals surface area contributed by atoms with Crippen molar-refractivity contribution in [3.63, 3.8) is 0 Å². The first-order valence-corrected chi connectivity index (χ1v) is 5.75. The maximum atomic E-state index is 12.1. The minimum atomic E-state index is -0.870. The Morgan fingerprint density at radius 3 is 2.73 bits per heavy atom. The van der Waals surface area contributed by atoms with Crippen LogP contribution in [-0.4, -0.2) is 23.4 Å². The molecule has 1 amide bonds. The molecule has 3 heteroatoms. The Hall–Kier alpha value is -1.04. The molecule has 3 nitrogen and oxygen atoms in total. The summed E-state index contributed by atoms with van der Waals surface area (Å²) in [6.45, 7) is 6.34. The van der Waals surface area contributed by atoms with Crippen LogP contribution in [0.15, 0.2) is 0 Å². The van der Waals surface area contributed by atoms with Crippen molar-refractivity contribution in [2.45, 2.75) is 52.5 Å². The minimum Gasteiger partial charge on any atom is -0.338 e. The van der Waals surface area contributed by atoms with Gasteiger partial charge in [-0.1, -0.05) is 6.92 Å². The maximum absolute atomic E-state index is 12.1. The number of piperidine rings is 1. The van der Waals surface area contributed by atoms with Crippen molar-refractivity contribution >= 4 is 5.91 Å². The molecule has 0 aromatic heterocycles. The molecule has 1 atom stereocenters. The van der Waals surface area contributed by atoms with E-state index in [-0.39, 0.29) is 5.91 Å². The molecule has 1 unspecified atom stereocenters. The fourth-order valence-electron chi connectivity index (χ4n) is 2.10. The van der Waals surface area contributed by atoms with Gasteiger partial charge in [-0.15, -0.1) is 0 Å². The summed E-state index contributed by atoms with van der Waals surface area (Å²) >= 11 is 0. The van der Waals surface area contributed by atoms with Gasteiger partial charge in [0.1, 0.15) is 5.41 Å². The van der Waals surface area contributed by atoms with Gasteiger partial charge in [0.2, 0.25) is 5.91 Å². The number of likely N-dealkylation sites (tertiary alicyclic amines) is 1. The molecule has 1 fully saturated rings. The van der Waals surface area contributed by atoms with Gasteiger partial charge < -0.3 is 4.90 Å². The number of hydrogen-bond donors (Lipinski definition) is 0. The summed E-state index contributed by atoms with van der Waals surface area (Å²) in [4.78, 5) is 14.0. The van der Waals surface area contributed by atoms with Crippen molar-refractivity contribution in [2.75, 3.05) is 6.54 Å². The predicted molar refractivity (Wildman–Crippen MR) is 59.0 cm³/mol. The average Bonchev–Trinajstić information content (AvgIpc) is 2.28. The molecule has 0 saturated carbocycles. The summed E-state index contributed by atoms with van der Waals surface area (Å²) in [6.07, 6.45) is 4.36. The molecular formula is C12H20N2O. The number of carbonyl (C=O) groups excluding carboxylic acids is 1. The van der Waals surface area contributed by atoms with Gasteiger partial charge >= 0.3 is 0 Å². The molecular weight excluding hydrogens is 188 g/mol. The molecule has 1 rings (SSSR count). The highest BCUT2D eigenvalue weighted by Crippen LogP contribution is 2.25. The Kier molecular flexibility index (Phi) is 3.73. The molecule has 0 aromatic rings. The van der Waals surface area contributed by atoms with Gasteiger partial charge in [0.15, 0.2) is 0 Å². The van der Waals surface area contributed by atoms with Crippen LogP contribution in [0.2, 0.25) is 0 Å². The van der Waals surface area contributed by atoms with E-state index >= 15 is 0 Å². The van der Waals surface area contributed by atoms with Gasteiger partial charge in [-0.05, 0) is 39.5 Å². The van der Waals surface area contributed by atoms with E-state index in [4.69, 9.17) is 5.26 Å². The lowest BCUT2D eigenvalue weighted by Crippen LogP contribution is -2.48. The lowest BCUT2D eigenvalue weighted by Gasteiger charge is -2.38. The summed E-state index contributed by atoms with van der Waals surface area (Å²) < 4.78 is 0. The lowest BCUT2D eigenvalue weighted by molar-refractivity contribution is -0.141. The highest BCUT2D eigenvalue weighted by atomic mass is 16.2. The third-order valence-electron chi connectivity index (χ3n) is 3.17. The summed E-state index contributed by atoms with van der Waals surface area (Å²) in [7, 11) is 0. The van der Waals surface area contributed by atoms with E-state index in [1.165, 1.54) is 6.42 Å². The Morgan fingerprint density at radius 1 is 1.53 bits per heavy atom. The van der Waals surface area contributed by atoms with Crippen molar-refractivity contribution in [3.05, 3.63) is 0 Å². The second-order valence-corrected chi connectivity index (χ2v) is 4.79. The summed E-state index contributed by atoms with van der Waals surface area (Å²) in [5, 5.41) is 8.96. The molecule has 1 saturated heterocycles. The first-order valence-electron chi connectivity index (χ1n) is 5.75. The lowest BCUT2D eigenvalue weighted by atomic mass is 9.90. The molecule has 1 aliphatic rings. The van der Waals surface area contributed by atoms with Crippen molar-refractivity contribution in [1.29, 1.82) is 5.26 Å². The molecule has 1 heterocycles. The largest absolute Gasteiger partial charge is 0.338 e. The van der Waals surface area contributed by atoms with Crippen LogP contribution < -0.4 is 0 Å². The Balaban J connectivity index is 2.77. The van der Waals surface area contributed by atoms with Crippen molar-refractivity contribution in [3.8, 4) is 6.07 Å². The quantitative estimate of drug-likeness (QED) is 0.699. The second-order valence-electron chi connectivity index (χ2n) is 4.79. The Labute approximate surface area is 92.1 Å². The van der Waals surface area contributed by atoms with Crippen molar-refractivity contribution in [1.82, 2.24) is 4.90 Å². The summed E-state index contributed by atoms with van der Waals surface area (Å²) in [5.74, 6) is -0.00319. The van der Waals surface area contributed by atoms with E-state index in [1.54, 1.807) is 13.8 Å². The SMILES string of the molecule is CCC1CCCCN1C(=O)C(C)(C)C#N. The highest BCUT2D eigenvalue weighted by molar-refractivity contribution is 5.85. The molecule has 15 heavy (non-hydrogen) atoms. The van der Waals surface area contributed by atoms with E-state index in [9.17, 15) is 4.79 Å². The molecule has 84 valence electrons.